The molecule has 2 aliphatic rings. The van der Waals surface area contributed by atoms with Gasteiger partial charge < -0.3 is 19.7 Å². The van der Waals surface area contributed by atoms with Gasteiger partial charge in [-0.25, -0.2) is 0 Å². The van der Waals surface area contributed by atoms with Crippen molar-refractivity contribution in [1.82, 2.24) is 10.2 Å². The molecule has 2 saturated heterocycles. The van der Waals surface area contributed by atoms with Gasteiger partial charge in [-0.1, -0.05) is 30.3 Å². The van der Waals surface area contributed by atoms with Gasteiger partial charge in [-0.3, -0.25) is 9.59 Å². The fraction of sp³-hybridized carbons (Fsp3) is 0.500. The lowest BCUT2D eigenvalue weighted by atomic mass is 10.1. The van der Waals surface area contributed by atoms with E-state index in [2.05, 4.69) is 5.32 Å². The summed E-state index contributed by atoms with van der Waals surface area (Å²) in [5, 5.41) is 2.91. The van der Waals surface area contributed by atoms with Crippen molar-refractivity contribution in [3.05, 3.63) is 35.9 Å². The molecule has 3 rings (SSSR count). The highest BCUT2D eigenvalue weighted by atomic mass is 16.5. The van der Waals surface area contributed by atoms with Gasteiger partial charge in [0.15, 0.2) is 0 Å². The van der Waals surface area contributed by atoms with E-state index in [9.17, 15) is 9.59 Å². The Bertz CT molecular complexity index is 534. The van der Waals surface area contributed by atoms with E-state index in [1.807, 2.05) is 30.3 Å². The average Bonchev–Trinajstić information content (AvgIpc) is 2.76. The van der Waals surface area contributed by atoms with Crippen LogP contribution in [0, 0.1) is 5.92 Å². The number of hydrogen-bond acceptors (Lipinski definition) is 4. The van der Waals surface area contributed by atoms with Crippen LogP contribution >= 0.6 is 0 Å². The molecular weight excluding hydrogens is 284 g/mol. The summed E-state index contributed by atoms with van der Waals surface area (Å²) >= 11 is 0. The Hall–Kier alpha value is -1.92. The van der Waals surface area contributed by atoms with E-state index < -0.39 is 0 Å². The number of nitrogens with one attached hydrogen (secondary N) is 1. The van der Waals surface area contributed by atoms with E-state index in [-0.39, 0.29) is 30.4 Å². The summed E-state index contributed by atoms with van der Waals surface area (Å²) in [5.74, 6) is -0.391. The number of hydrogen-bond donors (Lipinski definition) is 1. The van der Waals surface area contributed by atoms with Gasteiger partial charge in [-0.05, 0) is 5.56 Å². The number of carbonyl (C=O) groups excluding carboxylic acids is 2. The Morgan fingerprint density at radius 3 is 2.91 bits per heavy atom. The van der Waals surface area contributed by atoms with Crippen LogP contribution in [0.1, 0.15) is 5.56 Å². The van der Waals surface area contributed by atoms with Crippen LogP contribution < -0.4 is 5.32 Å². The SMILES string of the molecule is O=C1N[C@@H]2COC[C@H]1CN(C(=O)COCc1ccccc1)C2. The van der Waals surface area contributed by atoms with Crippen LogP contribution in [0.15, 0.2) is 30.3 Å². The molecule has 1 aromatic rings. The van der Waals surface area contributed by atoms with E-state index in [0.717, 1.165) is 5.56 Å². The van der Waals surface area contributed by atoms with E-state index in [1.165, 1.54) is 0 Å². The predicted molar refractivity (Wildman–Crippen MR) is 78.9 cm³/mol. The van der Waals surface area contributed by atoms with Crippen LogP contribution in [-0.4, -0.2) is 55.7 Å². The summed E-state index contributed by atoms with van der Waals surface area (Å²) in [7, 11) is 0. The van der Waals surface area contributed by atoms with Gasteiger partial charge in [0.1, 0.15) is 6.61 Å². The van der Waals surface area contributed by atoms with Crippen LogP contribution in [0.2, 0.25) is 0 Å². The Morgan fingerprint density at radius 1 is 1.27 bits per heavy atom. The van der Waals surface area contributed by atoms with Crippen molar-refractivity contribution in [3.8, 4) is 0 Å². The molecule has 0 unspecified atom stereocenters. The van der Waals surface area contributed by atoms with Crippen LogP contribution in [0.25, 0.3) is 0 Å². The molecule has 2 atom stereocenters. The maximum Gasteiger partial charge on any atom is 0.248 e. The molecule has 118 valence electrons. The van der Waals surface area contributed by atoms with Crippen molar-refractivity contribution < 1.29 is 19.1 Å². The number of rotatable bonds is 4. The fourth-order valence-corrected chi connectivity index (χ4v) is 2.75. The number of fused-ring (bicyclic) bond motifs is 3. The normalized spacial score (nSPS) is 24.5. The van der Waals surface area contributed by atoms with Crippen molar-refractivity contribution in [1.29, 1.82) is 0 Å². The first-order chi connectivity index (χ1) is 10.7. The van der Waals surface area contributed by atoms with E-state index in [1.54, 1.807) is 4.90 Å². The summed E-state index contributed by atoms with van der Waals surface area (Å²) < 4.78 is 10.9. The van der Waals surface area contributed by atoms with Crippen LogP contribution in [-0.2, 0) is 25.7 Å². The van der Waals surface area contributed by atoms with E-state index in [4.69, 9.17) is 9.47 Å². The molecule has 2 amide bonds. The summed E-state index contributed by atoms with van der Waals surface area (Å²) in [4.78, 5) is 25.9. The Kier molecular flexibility index (Phi) is 4.70. The molecule has 0 radical (unpaired) electrons. The summed E-state index contributed by atoms with van der Waals surface area (Å²) in [6, 6.07) is 9.61. The minimum Gasteiger partial charge on any atom is -0.378 e. The maximum atomic E-state index is 12.3. The number of benzene rings is 1. The van der Waals surface area contributed by atoms with Crippen LogP contribution in [0.4, 0.5) is 0 Å². The molecule has 0 saturated carbocycles. The highest BCUT2D eigenvalue weighted by molar-refractivity contribution is 5.83. The third-order valence-electron chi connectivity index (χ3n) is 3.93. The van der Waals surface area contributed by atoms with Gasteiger partial charge in [-0.15, -0.1) is 0 Å². The molecule has 2 fully saturated rings. The number of amides is 2. The zero-order chi connectivity index (χ0) is 15.4. The molecule has 2 aliphatic heterocycles. The minimum atomic E-state index is -0.287. The lowest BCUT2D eigenvalue weighted by molar-refractivity contribution is -0.138. The first-order valence-corrected chi connectivity index (χ1v) is 7.50. The smallest absolute Gasteiger partial charge is 0.248 e. The second kappa shape index (κ2) is 6.89. The third-order valence-corrected chi connectivity index (χ3v) is 3.93. The molecule has 0 aromatic heterocycles. The second-order valence-corrected chi connectivity index (χ2v) is 5.72. The Balaban J connectivity index is 1.52. The standard InChI is InChI=1S/C16H20N2O4/c19-15(11-21-8-12-4-2-1-3-5-12)18-6-13-9-22-10-14(7-18)17-16(13)20/h1-5,13-14H,6-11H2,(H,17,20)/t13-,14+/m1/s1. The highest BCUT2D eigenvalue weighted by Gasteiger charge is 2.34. The molecule has 2 heterocycles. The zero-order valence-corrected chi connectivity index (χ0v) is 12.4. The molecular formula is C16H20N2O4. The van der Waals surface area contributed by atoms with Crippen LogP contribution in [0.5, 0.6) is 0 Å². The number of nitrogens with zero attached hydrogens (tertiary/aromatic N) is 1. The lowest BCUT2D eigenvalue weighted by Crippen LogP contribution is -2.45. The summed E-state index contributed by atoms with van der Waals surface area (Å²) in [6.45, 7) is 2.15. The van der Waals surface area contributed by atoms with Crippen molar-refractivity contribution in [3.63, 3.8) is 0 Å². The molecule has 22 heavy (non-hydrogen) atoms. The van der Waals surface area contributed by atoms with Crippen LogP contribution in [0.3, 0.4) is 0 Å². The zero-order valence-electron chi connectivity index (χ0n) is 12.4. The molecule has 1 aromatic carbocycles. The second-order valence-electron chi connectivity index (χ2n) is 5.72. The summed E-state index contributed by atoms with van der Waals surface area (Å²) in [6.07, 6.45) is 0. The first-order valence-electron chi connectivity index (χ1n) is 7.50. The quantitative estimate of drug-likeness (QED) is 0.861. The number of ether oxygens (including phenoxy) is 2. The molecule has 6 heteroatoms. The minimum absolute atomic E-state index is 0.0250. The first kappa shape index (κ1) is 15.0. The van der Waals surface area contributed by atoms with E-state index in [0.29, 0.717) is 32.9 Å². The molecule has 2 bridgehead atoms. The lowest BCUT2D eigenvalue weighted by Gasteiger charge is -2.27. The van der Waals surface area contributed by atoms with Gasteiger partial charge in [0.05, 0.1) is 31.8 Å². The topological polar surface area (TPSA) is 67.9 Å². The third kappa shape index (κ3) is 3.64. The van der Waals surface area contributed by atoms with Crippen molar-refractivity contribution in [2.24, 2.45) is 5.92 Å². The Morgan fingerprint density at radius 2 is 2.09 bits per heavy atom. The molecule has 6 nitrogen and oxygen atoms in total. The maximum absolute atomic E-state index is 12.3. The van der Waals surface area contributed by atoms with Crippen molar-refractivity contribution in [2.75, 3.05) is 32.9 Å². The molecule has 1 N–H and O–H groups in total. The average molecular weight is 304 g/mol. The number of carbonyl (C=O) groups is 2. The predicted octanol–water partition coefficient (Wildman–Crippen LogP) is 0.177. The largest absolute Gasteiger partial charge is 0.378 e. The van der Waals surface area contributed by atoms with Gasteiger partial charge in [-0.2, -0.15) is 0 Å². The summed E-state index contributed by atoms with van der Waals surface area (Å²) in [5.41, 5.74) is 1.04. The van der Waals surface area contributed by atoms with Crippen molar-refractivity contribution >= 4 is 11.8 Å². The van der Waals surface area contributed by atoms with Gasteiger partial charge in [0.25, 0.3) is 0 Å². The monoisotopic (exact) mass is 304 g/mol. The highest BCUT2D eigenvalue weighted by Crippen LogP contribution is 2.14. The molecule has 0 aliphatic carbocycles. The van der Waals surface area contributed by atoms with Crippen molar-refractivity contribution in [2.45, 2.75) is 12.6 Å². The fourth-order valence-electron chi connectivity index (χ4n) is 2.75. The van der Waals surface area contributed by atoms with Gasteiger partial charge in [0, 0.05) is 13.1 Å². The van der Waals surface area contributed by atoms with E-state index >= 15 is 0 Å². The van der Waals surface area contributed by atoms with Gasteiger partial charge >= 0.3 is 0 Å². The Labute approximate surface area is 129 Å². The molecule has 0 spiro atoms. The van der Waals surface area contributed by atoms with Gasteiger partial charge in [0.2, 0.25) is 11.8 Å².